The first kappa shape index (κ1) is 14.0. The molecule has 0 radical (unpaired) electrons. The van der Waals surface area contributed by atoms with Crippen molar-refractivity contribution in [3.63, 3.8) is 0 Å². The molecule has 0 amide bonds. The van der Waals surface area contributed by atoms with Crippen molar-refractivity contribution in [2.45, 2.75) is 18.9 Å². The molecule has 0 N–H and O–H groups in total. The number of nitrogens with zero attached hydrogens (tertiary/aromatic N) is 1. The molecule has 0 fully saturated rings. The van der Waals surface area contributed by atoms with Gasteiger partial charge in [0.15, 0.2) is 0 Å². The predicted octanol–water partition coefficient (Wildman–Crippen LogP) is 3.58. The molecule has 102 valence electrons. The van der Waals surface area contributed by atoms with Gasteiger partial charge in [0.25, 0.3) is 0 Å². The minimum absolute atomic E-state index is 0.103. The minimum atomic E-state index is 0.103. The highest BCUT2D eigenvalue weighted by Crippen LogP contribution is 2.30. The molecule has 1 aromatic carbocycles. The zero-order valence-corrected chi connectivity index (χ0v) is 11.9. The molecule has 2 heteroatoms. The van der Waals surface area contributed by atoms with Crippen molar-refractivity contribution in [1.29, 1.82) is 0 Å². The van der Waals surface area contributed by atoms with Gasteiger partial charge >= 0.3 is 0 Å². The van der Waals surface area contributed by atoms with Gasteiger partial charge in [0.05, 0.1) is 6.61 Å². The Hall–Kier alpha value is -1.38. The number of hydrogen-bond donors (Lipinski definition) is 0. The average molecular weight is 257 g/mol. The van der Waals surface area contributed by atoms with Crippen molar-refractivity contribution >= 4 is 0 Å². The van der Waals surface area contributed by atoms with Gasteiger partial charge in [-0.15, -0.1) is 0 Å². The number of rotatable bonds is 6. The molecule has 1 aliphatic carbocycles. The fourth-order valence-corrected chi connectivity index (χ4v) is 2.24. The summed E-state index contributed by atoms with van der Waals surface area (Å²) in [5.74, 6) is 0. The molecule has 1 unspecified atom stereocenters. The van der Waals surface area contributed by atoms with E-state index in [4.69, 9.17) is 4.74 Å². The van der Waals surface area contributed by atoms with Gasteiger partial charge in [-0.25, -0.2) is 0 Å². The summed E-state index contributed by atoms with van der Waals surface area (Å²) in [7, 11) is 4.15. The Balaban J connectivity index is 2.09. The lowest BCUT2D eigenvalue weighted by molar-refractivity contribution is 0.0640. The Bertz CT molecular complexity index is 434. The van der Waals surface area contributed by atoms with E-state index in [1.165, 1.54) is 11.1 Å². The van der Waals surface area contributed by atoms with Crippen LogP contribution in [-0.4, -0.2) is 32.1 Å². The highest BCUT2D eigenvalue weighted by atomic mass is 16.5. The molecule has 1 atom stereocenters. The Morgan fingerprint density at radius 1 is 1.21 bits per heavy atom. The topological polar surface area (TPSA) is 12.5 Å². The van der Waals surface area contributed by atoms with E-state index in [1.54, 1.807) is 0 Å². The van der Waals surface area contributed by atoms with Gasteiger partial charge in [0.2, 0.25) is 0 Å². The lowest BCUT2D eigenvalue weighted by Crippen LogP contribution is -2.20. The smallest absolute Gasteiger partial charge is 0.104 e. The van der Waals surface area contributed by atoms with Crippen LogP contribution in [0, 0.1) is 0 Å². The number of allylic oxidation sites excluding steroid dienone is 3. The first-order valence-electron chi connectivity index (χ1n) is 6.94. The molecular formula is C17H23NO. The third-order valence-corrected chi connectivity index (χ3v) is 3.31. The van der Waals surface area contributed by atoms with E-state index in [1.807, 2.05) is 0 Å². The summed E-state index contributed by atoms with van der Waals surface area (Å²) in [5, 5.41) is 0. The van der Waals surface area contributed by atoms with E-state index >= 15 is 0 Å². The molecule has 0 heterocycles. The van der Waals surface area contributed by atoms with E-state index in [0.717, 1.165) is 26.0 Å². The van der Waals surface area contributed by atoms with E-state index in [2.05, 4.69) is 67.6 Å². The maximum Gasteiger partial charge on any atom is 0.104 e. The Morgan fingerprint density at radius 2 is 2.00 bits per heavy atom. The van der Waals surface area contributed by atoms with Gasteiger partial charge in [-0.1, -0.05) is 48.6 Å². The highest BCUT2D eigenvalue weighted by molar-refractivity contribution is 5.30. The van der Waals surface area contributed by atoms with E-state index in [0.29, 0.717) is 0 Å². The maximum atomic E-state index is 6.13. The second-order valence-electron chi connectivity index (χ2n) is 5.17. The third kappa shape index (κ3) is 4.34. The minimum Gasteiger partial charge on any atom is -0.368 e. The van der Waals surface area contributed by atoms with Crippen molar-refractivity contribution in [1.82, 2.24) is 4.90 Å². The van der Waals surface area contributed by atoms with Crippen molar-refractivity contribution in [3.05, 3.63) is 59.7 Å². The van der Waals surface area contributed by atoms with E-state index in [-0.39, 0.29) is 6.10 Å². The molecule has 19 heavy (non-hydrogen) atoms. The van der Waals surface area contributed by atoms with Crippen LogP contribution in [0.5, 0.6) is 0 Å². The number of hydrogen-bond acceptors (Lipinski definition) is 2. The monoisotopic (exact) mass is 257 g/mol. The normalized spacial score (nSPS) is 16.5. The van der Waals surface area contributed by atoms with Crippen LogP contribution in [0.1, 0.15) is 24.5 Å². The molecule has 2 rings (SSSR count). The summed E-state index contributed by atoms with van der Waals surface area (Å²) < 4.78 is 6.13. The van der Waals surface area contributed by atoms with Crippen LogP contribution in [0.2, 0.25) is 0 Å². The van der Waals surface area contributed by atoms with Crippen molar-refractivity contribution < 1.29 is 4.74 Å². The Labute approximate surface area is 116 Å². The van der Waals surface area contributed by atoms with Gasteiger partial charge in [-0.3, -0.25) is 0 Å². The quantitative estimate of drug-likeness (QED) is 0.772. The van der Waals surface area contributed by atoms with Gasteiger partial charge in [-0.2, -0.15) is 0 Å². The summed E-state index contributed by atoms with van der Waals surface area (Å²) >= 11 is 0. The lowest BCUT2D eigenvalue weighted by atomic mass is 9.94. The van der Waals surface area contributed by atoms with E-state index in [9.17, 15) is 0 Å². The van der Waals surface area contributed by atoms with Crippen LogP contribution in [0.15, 0.2) is 54.1 Å². The van der Waals surface area contributed by atoms with Crippen LogP contribution >= 0.6 is 0 Å². The standard InChI is InChI=1S/C17H23NO/c1-18(2)13-14-19-17(15-9-5-3-6-10-15)16-11-7-4-8-12-16/h3-7,9-11,17H,8,12-14H2,1-2H3. The fraction of sp³-hybridized carbons (Fsp3) is 0.412. The van der Waals surface area contributed by atoms with Crippen LogP contribution in [0.25, 0.3) is 0 Å². The number of ether oxygens (including phenoxy) is 1. The van der Waals surface area contributed by atoms with Gasteiger partial charge in [0.1, 0.15) is 6.10 Å². The van der Waals surface area contributed by atoms with Crippen LogP contribution in [0.3, 0.4) is 0 Å². The SMILES string of the molecule is CN(C)CCOC(C1=CC=CCC1)c1ccccc1. The molecule has 0 spiro atoms. The summed E-state index contributed by atoms with van der Waals surface area (Å²) in [6, 6.07) is 10.5. The van der Waals surface area contributed by atoms with Gasteiger partial charge < -0.3 is 9.64 Å². The molecule has 1 aromatic rings. The molecule has 0 aliphatic heterocycles. The number of likely N-dealkylation sites (N-methyl/N-ethyl adjacent to an activating group) is 1. The van der Waals surface area contributed by atoms with Crippen molar-refractivity contribution in [3.8, 4) is 0 Å². The molecule has 0 saturated carbocycles. The third-order valence-electron chi connectivity index (χ3n) is 3.31. The molecule has 0 saturated heterocycles. The molecule has 0 aromatic heterocycles. The second kappa shape index (κ2) is 7.27. The average Bonchev–Trinajstić information content (AvgIpc) is 2.45. The van der Waals surface area contributed by atoms with Gasteiger partial charge in [0, 0.05) is 6.54 Å². The molecule has 1 aliphatic rings. The second-order valence-corrected chi connectivity index (χ2v) is 5.17. The Morgan fingerprint density at radius 3 is 2.63 bits per heavy atom. The molecule has 0 bridgehead atoms. The first-order valence-corrected chi connectivity index (χ1v) is 6.94. The van der Waals surface area contributed by atoms with Crippen LogP contribution in [0.4, 0.5) is 0 Å². The predicted molar refractivity (Wildman–Crippen MR) is 80.1 cm³/mol. The summed E-state index contributed by atoms with van der Waals surface area (Å²) in [6.45, 7) is 1.71. The zero-order chi connectivity index (χ0) is 13.5. The fourth-order valence-electron chi connectivity index (χ4n) is 2.24. The molecule has 2 nitrogen and oxygen atoms in total. The zero-order valence-electron chi connectivity index (χ0n) is 11.9. The summed E-state index contributed by atoms with van der Waals surface area (Å²) in [6.07, 6.45) is 8.88. The molecular weight excluding hydrogens is 234 g/mol. The van der Waals surface area contributed by atoms with Gasteiger partial charge in [-0.05, 0) is 38.1 Å². The lowest BCUT2D eigenvalue weighted by Gasteiger charge is -2.23. The first-order chi connectivity index (χ1) is 9.27. The Kier molecular flexibility index (Phi) is 5.37. The largest absolute Gasteiger partial charge is 0.368 e. The van der Waals surface area contributed by atoms with Crippen molar-refractivity contribution in [2.24, 2.45) is 0 Å². The van der Waals surface area contributed by atoms with Crippen molar-refractivity contribution in [2.75, 3.05) is 27.2 Å². The maximum absolute atomic E-state index is 6.13. The van der Waals surface area contributed by atoms with Crippen LogP contribution in [-0.2, 0) is 4.74 Å². The summed E-state index contributed by atoms with van der Waals surface area (Å²) in [4.78, 5) is 2.15. The van der Waals surface area contributed by atoms with E-state index < -0.39 is 0 Å². The van der Waals surface area contributed by atoms with Crippen LogP contribution < -0.4 is 0 Å². The number of benzene rings is 1. The highest BCUT2D eigenvalue weighted by Gasteiger charge is 2.17. The summed E-state index contributed by atoms with van der Waals surface area (Å²) in [5.41, 5.74) is 2.63.